The quantitative estimate of drug-likeness (QED) is 0.753. The number of halogens is 2. The van der Waals surface area contributed by atoms with Crippen molar-refractivity contribution in [1.82, 2.24) is 5.32 Å². The SMILES string of the molecule is CCOC(=O)NC1CCCCC1(Cl)Cl. The maximum absolute atomic E-state index is 11.1. The molecular weight excluding hydrogens is 225 g/mol. The third kappa shape index (κ3) is 3.21. The van der Waals surface area contributed by atoms with Crippen LogP contribution in [0, 0.1) is 0 Å². The summed E-state index contributed by atoms with van der Waals surface area (Å²) in [7, 11) is 0. The lowest BCUT2D eigenvalue weighted by Gasteiger charge is -2.34. The van der Waals surface area contributed by atoms with Gasteiger partial charge in [-0.25, -0.2) is 4.79 Å². The van der Waals surface area contributed by atoms with Gasteiger partial charge < -0.3 is 10.1 Å². The van der Waals surface area contributed by atoms with Gasteiger partial charge >= 0.3 is 6.09 Å². The van der Waals surface area contributed by atoms with Gasteiger partial charge in [-0.05, 0) is 19.8 Å². The summed E-state index contributed by atoms with van der Waals surface area (Å²) in [6.45, 7) is 2.12. The fourth-order valence-corrected chi connectivity index (χ4v) is 2.18. The van der Waals surface area contributed by atoms with Gasteiger partial charge in [0.2, 0.25) is 0 Å². The molecule has 0 saturated heterocycles. The third-order valence-corrected chi connectivity index (χ3v) is 3.24. The maximum atomic E-state index is 11.1. The minimum absolute atomic E-state index is 0.196. The summed E-state index contributed by atoms with van der Waals surface area (Å²) in [6, 6.07) is -0.196. The van der Waals surface area contributed by atoms with Crippen molar-refractivity contribution in [2.45, 2.75) is 43.0 Å². The number of ether oxygens (including phenoxy) is 1. The molecule has 1 amide bonds. The van der Waals surface area contributed by atoms with Crippen molar-refractivity contribution in [2.75, 3.05) is 6.61 Å². The molecule has 1 saturated carbocycles. The number of nitrogens with one attached hydrogen (secondary N) is 1. The molecule has 14 heavy (non-hydrogen) atoms. The molecule has 1 aliphatic carbocycles. The molecular formula is C9H15Cl2NO2. The van der Waals surface area contributed by atoms with Crippen LogP contribution in [0.2, 0.25) is 0 Å². The molecule has 0 bridgehead atoms. The number of alkyl halides is 2. The molecule has 3 nitrogen and oxygen atoms in total. The van der Waals surface area contributed by atoms with E-state index in [1.807, 2.05) is 0 Å². The molecule has 1 N–H and O–H groups in total. The number of hydrogen-bond acceptors (Lipinski definition) is 2. The van der Waals surface area contributed by atoms with Gasteiger partial charge in [0.25, 0.3) is 0 Å². The first-order valence-electron chi connectivity index (χ1n) is 4.87. The summed E-state index contributed by atoms with van der Waals surface area (Å²) >= 11 is 12.2. The molecule has 0 heterocycles. The van der Waals surface area contributed by atoms with Crippen molar-refractivity contribution in [3.05, 3.63) is 0 Å². The van der Waals surface area contributed by atoms with Gasteiger partial charge in [0.1, 0.15) is 4.33 Å². The molecule has 0 radical (unpaired) electrons. The standard InChI is InChI=1S/C9H15Cl2NO2/c1-2-14-8(13)12-7-5-3-4-6-9(7,10)11/h7H,2-6H2,1H3,(H,12,13). The van der Waals surface area contributed by atoms with E-state index in [0.717, 1.165) is 19.3 Å². The Bertz CT molecular complexity index is 209. The molecule has 1 rings (SSSR count). The Kier molecular flexibility index (Phi) is 4.32. The van der Waals surface area contributed by atoms with Gasteiger partial charge in [0.05, 0.1) is 12.6 Å². The number of alkyl carbamates (subject to hydrolysis) is 1. The molecule has 0 aliphatic heterocycles. The first-order chi connectivity index (χ1) is 6.56. The second-order valence-corrected chi connectivity index (χ2v) is 4.97. The van der Waals surface area contributed by atoms with E-state index in [0.29, 0.717) is 13.0 Å². The van der Waals surface area contributed by atoms with Gasteiger partial charge in [0, 0.05) is 0 Å². The minimum atomic E-state index is -0.842. The summed E-state index contributed by atoms with van der Waals surface area (Å²) in [5, 5.41) is 2.68. The van der Waals surface area contributed by atoms with Crippen LogP contribution in [-0.4, -0.2) is 23.1 Å². The Hall–Kier alpha value is -0.150. The van der Waals surface area contributed by atoms with Crippen molar-refractivity contribution < 1.29 is 9.53 Å². The number of rotatable bonds is 2. The summed E-state index contributed by atoms with van der Waals surface area (Å²) in [5.41, 5.74) is 0. The highest BCUT2D eigenvalue weighted by Crippen LogP contribution is 2.37. The molecule has 5 heteroatoms. The predicted molar refractivity (Wildman–Crippen MR) is 56.9 cm³/mol. The Morgan fingerprint density at radius 1 is 1.57 bits per heavy atom. The Morgan fingerprint density at radius 2 is 2.29 bits per heavy atom. The van der Waals surface area contributed by atoms with Crippen molar-refractivity contribution in [2.24, 2.45) is 0 Å². The zero-order valence-electron chi connectivity index (χ0n) is 8.19. The predicted octanol–water partition coefficient (Wildman–Crippen LogP) is 2.85. The highest BCUT2D eigenvalue weighted by Gasteiger charge is 2.38. The molecule has 0 aromatic rings. The molecule has 0 spiro atoms. The maximum Gasteiger partial charge on any atom is 0.407 e. The van der Waals surface area contributed by atoms with Gasteiger partial charge in [-0.2, -0.15) is 0 Å². The zero-order valence-corrected chi connectivity index (χ0v) is 9.70. The largest absolute Gasteiger partial charge is 0.450 e. The third-order valence-electron chi connectivity index (χ3n) is 2.33. The minimum Gasteiger partial charge on any atom is -0.450 e. The van der Waals surface area contributed by atoms with Crippen LogP contribution in [0.15, 0.2) is 0 Å². The number of amides is 1. The molecule has 1 unspecified atom stereocenters. The van der Waals surface area contributed by atoms with E-state index in [2.05, 4.69) is 5.32 Å². The zero-order chi connectivity index (χ0) is 10.6. The van der Waals surface area contributed by atoms with E-state index in [1.165, 1.54) is 0 Å². The van der Waals surface area contributed by atoms with Gasteiger partial charge in [-0.15, -0.1) is 0 Å². The Labute approximate surface area is 94.1 Å². The van der Waals surface area contributed by atoms with Crippen LogP contribution in [0.1, 0.15) is 32.6 Å². The van der Waals surface area contributed by atoms with Crippen LogP contribution in [0.4, 0.5) is 4.79 Å². The van der Waals surface area contributed by atoms with Gasteiger partial charge in [-0.3, -0.25) is 0 Å². The summed E-state index contributed by atoms with van der Waals surface area (Å²) < 4.78 is 3.93. The number of carbonyl (C=O) groups is 1. The topological polar surface area (TPSA) is 38.3 Å². The summed E-state index contributed by atoms with van der Waals surface area (Å²) in [5.74, 6) is 0. The molecule has 1 fully saturated rings. The molecule has 0 aromatic carbocycles. The normalized spacial score (nSPS) is 25.5. The van der Waals surface area contributed by atoms with E-state index in [-0.39, 0.29) is 6.04 Å². The van der Waals surface area contributed by atoms with E-state index in [4.69, 9.17) is 27.9 Å². The molecule has 82 valence electrons. The van der Waals surface area contributed by atoms with Crippen molar-refractivity contribution >= 4 is 29.3 Å². The summed E-state index contributed by atoms with van der Waals surface area (Å²) in [4.78, 5) is 11.1. The van der Waals surface area contributed by atoms with Crippen LogP contribution >= 0.6 is 23.2 Å². The Morgan fingerprint density at radius 3 is 2.86 bits per heavy atom. The van der Waals surface area contributed by atoms with Crippen molar-refractivity contribution in [1.29, 1.82) is 0 Å². The average molecular weight is 240 g/mol. The van der Waals surface area contributed by atoms with Crippen LogP contribution < -0.4 is 5.32 Å². The van der Waals surface area contributed by atoms with Crippen LogP contribution in [0.5, 0.6) is 0 Å². The van der Waals surface area contributed by atoms with E-state index < -0.39 is 10.4 Å². The first-order valence-corrected chi connectivity index (χ1v) is 5.63. The number of carbonyl (C=O) groups excluding carboxylic acids is 1. The Balaban J connectivity index is 2.45. The van der Waals surface area contributed by atoms with Crippen LogP contribution in [0.3, 0.4) is 0 Å². The second-order valence-electron chi connectivity index (χ2n) is 3.42. The highest BCUT2D eigenvalue weighted by molar-refractivity contribution is 6.49. The van der Waals surface area contributed by atoms with Crippen molar-refractivity contribution in [3.63, 3.8) is 0 Å². The molecule has 1 atom stereocenters. The van der Waals surface area contributed by atoms with E-state index in [1.54, 1.807) is 6.92 Å². The second kappa shape index (κ2) is 5.08. The summed E-state index contributed by atoms with van der Waals surface area (Å²) in [6.07, 6.45) is 3.13. The smallest absolute Gasteiger partial charge is 0.407 e. The average Bonchev–Trinajstić information content (AvgIpc) is 2.09. The highest BCUT2D eigenvalue weighted by atomic mass is 35.5. The van der Waals surface area contributed by atoms with Crippen LogP contribution in [0.25, 0.3) is 0 Å². The monoisotopic (exact) mass is 239 g/mol. The lowest BCUT2D eigenvalue weighted by Crippen LogP contribution is -2.48. The fraction of sp³-hybridized carbons (Fsp3) is 0.889. The molecule has 0 aromatic heterocycles. The van der Waals surface area contributed by atoms with Crippen LogP contribution in [-0.2, 0) is 4.74 Å². The lowest BCUT2D eigenvalue weighted by atomic mass is 9.94. The van der Waals surface area contributed by atoms with Crippen molar-refractivity contribution in [3.8, 4) is 0 Å². The molecule has 1 aliphatic rings. The van der Waals surface area contributed by atoms with E-state index >= 15 is 0 Å². The van der Waals surface area contributed by atoms with Gasteiger partial charge in [-0.1, -0.05) is 36.0 Å². The van der Waals surface area contributed by atoms with Gasteiger partial charge in [0.15, 0.2) is 0 Å². The number of hydrogen-bond donors (Lipinski definition) is 1. The fourth-order valence-electron chi connectivity index (χ4n) is 1.59. The van der Waals surface area contributed by atoms with E-state index in [9.17, 15) is 4.79 Å². The lowest BCUT2D eigenvalue weighted by molar-refractivity contribution is 0.144. The first kappa shape index (κ1) is 11.9.